The first kappa shape index (κ1) is 17.8. The summed E-state index contributed by atoms with van der Waals surface area (Å²) >= 11 is 0. The molecule has 4 rings (SSSR count). The number of alkyl carbamates (subject to hydrolysis) is 1. The molecule has 0 unspecified atom stereocenters. The maximum atomic E-state index is 12.3. The van der Waals surface area contributed by atoms with Gasteiger partial charge in [-0.15, -0.1) is 0 Å². The number of ether oxygens (including phenoxy) is 1. The molecule has 138 valence electrons. The molecule has 0 heterocycles. The van der Waals surface area contributed by atoms with Crippen LogP contribution in [0.5, 0.6) is 0 Å². The Labute approximate surface area is 164 Å². The Kier molecular flexibility index (Phi) is 4.82. The van der Waals surface area contributed by atoms with Crippen LogP contribution in [0.2, 0.25) is 0 Å². The molecule has 0 bridgehead atoms. The minimum absolute atomic E-state index is 0.0448. The first-order valence-electron chi connectivity index (χ1n) is 9.29. The summed E-state index contributed by atoms with van der Waals surface area (Å²) in [7, 11) is 0. The van der Waals surface area contributed by atoms with Crippen molar-refractivity contribution in [1.82, 2.24) is 5.32 Å². The summed E-state index contributed by atoms with van der Waals surface area (Å²) in [6.45, 7) is 2.18. The first-order valence-corrected chi connectivity index (χ1v) is 9.29. The molecule has 0 aliphatic heterocycles. The number of rotatable bonds is 4. The molecule has 0 saturated heterocycles. The van der Waals surface area contributed by atoms with Crippen LogP contribution >= 0.6 is 0 Å². The monoisotopic (exact) mass is 368 g/mol. The third kappa shape index (κ3) is 3.35. The van der Waals surface area contributed by atoms with Gasteiger partial charge in [0.2, 0.25) is 0 Å². The van der Waals surface area contributed by atoms with Crippen LogP contribution in [0.4, 0.5) is 4.79 Å². The zero-order chi connectivity index (χ0) is 19.5. The molecule has 4 nitrogen and oxygen atoms in total. The topological polar surface area (TPSA) is 62.1 Å². The molecule has 1 atom stereocenters. The Morgan fingerprint density at radius 3 is 2.14 bits per heavy atom. The van der Waals surface area contributed by atoms with Crippen LogP contribution in [-0.4, -0.2) is 12.7 Å². The maximum absolute atomic E-state index is 12.3. The summed E-state index contributed by atoms with van der Waals surface area (Å²) in [6.07, 6.45) is -0.446. The molecule has 1 amide bonds. The van der Waals surface area contributed by atoms with Crippen LogP contribution in [0, 0.1) is 11.3 Å². The van der Waals surface area contributed by atoms with Crippen LogP contribution in [0.1, 0.15) is 41.1 Å². The van der Waals surface area contributed by atoms with Gasteiger partial charge >= 0.3 is 6.09 Å². The first-order chi connectivity index (χ1) is 13.7. The molecule has 0 radical (unpaired) electrons. The molecule has 28 heavy (non-hydrogen) atoms. The Morgan fingerprint density at radius 2 is 1.57 bits per heavy atom. The SMILES string of the molecule is C[C@H](NC(=O)OCC1c2ccccc2-c2ccccc21)c1ccc(C#N)cc1. The van der Waals surface area contributed by atoms with Crippen molar-refractivity contribution in [3.8, 4) is 17.2 Å². The number of hydrogen-bond acceptors (Lipinski definition) is 3. The summed E-state index contributed by atoms with van der Waals surface area (Å²) in [5.41, 5.74) is 6.31. The lowest BCUT2D eigenvalue weighted by molar-refractivity contribution is 0.140. The lowest BCUT2D eigenvalue weighted by Gasteiger charge is -2.17. The van der Waals surface area contributed by atoms with E-state index in [0.717, 1.165) is 5.56 Å². The maximum Gasteiger partial charge on any atom is 0.407 e. The van der Waals surface area contributed by atoms with Gasteiger partial charge in [0.05, 0.1) is 17.7 Å². The summed E-state index contributed by atoms with van der Waals surface area (Å²) in [4.78, 5) is 12.3. The lowest BCUT2D eigenvalue weighted by Crippen LogP contribution is -2.28. The van der Waals surface area contributed by atoms with E-state index in [-0.39, 0.29) is 12.0 Å². The minimum Gasteiger partial charge on any atom is -0.449 e. The normalized spacial score (nSPS) is 13.1. The van der Waals surface area contributed by atoms with E-state index < -0.39 is 6.09 Å². The van der Waals surface area contributed by atoms with Crippen molar-refractivity contribution in [2.24, 2.45) is 0 Å². The van der Waals surface area contributed by atoms with E-state index in [1.165, 1.54) is 22.3 Å². The van der Waals surface area contributed by atoms with Gasteiger partial charge < -0.3 is 10.1 Å². The van der Waals surface area contributed by atoms with Gasteiger partial charge in [0, 0.05) is 5.92 Å². The van der Waals surface area contributed by atoms with E-state index >= 15 is 0 Å². The molecule has 1 aliphatic carbocycles. The van der Waals surface area contributed by atoms with Gasteiger partial charge in [-0.2, -0.15) is 5.26 Å². The molecule has 1 N–H and O–H groups in total. The van der Waals surface area contributed by atoms with E-state index in [2.05, 4.69) is 35.7 Å². The van der Waals surface area contributed by atoms with E-state index in [0.29, 0.717) is 12.2 Å². The highest BCUT2D eigenvalue weighted by molar-refractivity contribution is 5.79. The van der Waals surface area contributed by atoms with Gasteiger partial charge in [-0.25, -0.2) is 4.79 Å². The van der Waals surface area contributed by atoms with Gasteiger partial charge in [0.25, 0.3) is 0 Å². The fourth-order valence-electron chi connectivity index (χ4n) is 3.75. The molecular weight excluding hydrogens is 348 g/mol. The third-order valence-electron chi connectivity index (χ3n) is 5.22. The smallest absolute Gasteiger partial charge is 0.407 e. The van der Waals surface area contributed by atoms with Gasteiger partial charge in [-0.05, 0) is 46.9 Å². The zero-order valence-electron chi connectivity index (χ0n) is 15.6. The summed E-state index contributed by atoms with van der Waals surface area (Å²) < 4.78 is 5.57. The number of nitriles is 1. The summed E-state index contributed by atoms with van der Waals surface area (Å²) in [6, 6.07) is 25.6. The molecule has 0 aromatic heterocycles. The predicted molar refractivity (Wildman–Crippen MR) is 108 cm³/mol. The lowest BCUT2D eigenvalue weighted by atomic mass is 9.98. The Balaban J connectivity index is 1.43. The Bertz CT molecular complexity index is 1010. The van der Waals surface area contributed by atoms with Crippen molar-refractivity contribution < 1.29 is 9.53 Å². The van der Waals surface area contributed by atoms with Crippen LogP contribution in [0.3, 0.4) is 0 Å². The number of nitrogens with one attached hydrogen (secondary N) is 1. The molecule has 1 aliphatic rings. The van der Waals surface area contributed by atoms with E-state index in [4.69, 9.17) is 10.00 Å². The van der Waals surface area contributed by atoms with Crippen molar-refractivity contribution in [2.45, 2.75) is 18.9 Å². The Hall–Kier alpha value is -3.58. The number of carbonyl (C=O) groups excluding carboxylic acids is 1. The average Bonchev–Trinajstić information content (AvgIpc) is 3.06. The summed E-state index contributed by atoms with van der Waals surface area (Å²) in [5.74, 6) is 0.0448. The molecule has 0 spiro atoms. The fourth-order valence-corrected chi connectivity index (χ4v) is 3.75. The largest absolute Gasteiger partial charge is 0.449 e. The van der Waals surface area contributed by atoms with E-state index in [1.54, 1.807) is 12.1 Å². The standard InChI is InChI=1S/C24H20N2O2/c1-16(18-12-10-17(14-25)11-13-18)26-24(27)28-15-23-21-8-4-2-6-19(21)20-7-3-5-9-22(20)23/h2-13,16,23H,15H2,1H3,(H,26,27)/t16-/m0/s1. The van der Waals surface area contributed by atoms with Gasteiger partial charge in [0.15, 0.2) is 0 Å². The second-order valence-corrected chi connectivity index (χ2v) is 6.93. The number of fused-ring (bicyclic) bond motifs is 3. The molecule has 0 fully saturated rings. The number of hydrogen-bond donors (Lipinski definition) is 1. The average molecular weight is 368 g/mol. The number of carbonyl (C=O) groups is 1. The predicted octanol–water partition coefficient (Wildman–Crippen LogP) is 5.16. The zero-order valence-corrected chi connectivity index (χ0v) is 15.6. The quantitative estimate of drug-likeness (QED) is 0.692. The van der Waals surface area contributed by atoms with Crippen LogP contribution in [0.25, 0.3) is 11.1 Å². The van der Waals surface area contributed by atoms with Crippen molar-refractivity contribution in [2.75, 3.05) is 6.61 Å². The molecule has 3 aromatic rings. The van der Waals surface area contributed by atoms with Crippen molar-refractivity contribution in [3.05, 3.63) is 95.1 Å². The minimum atomic E-state index is -0.446. The van der Waals surface area contributed by atoms with Crippen LogP contribution < -0.4 is 5.32 Å². The van der Waals surface area contributed by atoms with Crippen molar-refractivity contribution >= 4 is 6.09 Å². The molecule has 3 aromatic carbocycles. The highest BCUT2D eigenvalue weighted by Gasteiger charge is 2.29. The second kappa shape index (κ2) is 7.58. The van der Waals surface area contributed by atoms with Crippen LogP contribution in [0.15, 0.2) is 72.8 Å². The molecular formula is C24H20N2O2. The third-order valence-corrected chi connectivity index (χ3v) is 5.22. The number of benzene rings is 3. The second-order valence-electron chi connectivity index (χ2n) is 6.93. The van der Waals surface area contributed by atoms with Gasteiger partial charge in [-0.1, -0.05) is 60.7 Å². The van der Waals surface area contributed by atoms with E-state index in [9.17, 15) is 4.79 Å². The number of amides is 1. The molecule has 4 heteroatoms. The van der Waals surface area contributed by atoms with Gasteiger partial charge in [0.1, 0.15) is 6.61 Å². The van der Waals surface area contributed by atoms with Crippen molar-refractivity contribution in [1.29, 1.82) is 5.26 Å². The Morgan fingerprint density at radius 1 is 1.00 bits per heavy atom. The van der Waals surface area contributed by atoms with Crippen LogP contribution in [-0.2, 0) is 4.74 Å². The van der Waals surface area contributed by atoms with Gasteiger partial charge in [-0.3, -0.25) is 0 Å². The summed E-state index contributed by atoms with van der Waals surface area (Å²) in [5, 5.41) is 11.7. The highest BCUT2D eigenvalue weighted by atomic mass is 16.5. The molecule has 0 saturated carbocycles. The fraction of sp³-hybridized carbons (Fsp3) is 0.167. The van der Waals surface area contributed by atoms with Crippen molar-refractivity contribution in [3.63, 3.8) is 0 Å². The number of nitrogens with zero attached hydrogens (tertiary/aromatic N) is 1. The van der Waals surface area contributed by atoms with E-state index in [1.807, 2.05) is 43.3 Å². The highest BCUT2D eigenvalue weighted by Crippen LogP contribution is 2.44.